The molecule has 0 aromatic heterocycles. The van der Waals surface area contributed by atoms with Gasteiger partial charge in [0.2, 0.25) is 0 Å². The van der Waals surface area contributed by atoms with Gasteiger partial charge in [-0.2, -0.15) is 0 Å². The molecule has 1 aromatic carbocycles. The van der Waals surface area contributed by atoms with Crippen molar-refractivity contribution in [3.8, 4) is 0 Å². The van der Waals surface area contributed by atoms with Crippen molar-refractivity contribution in [2.45, 2.75) is 25.2 Å². The number of hydrogen-bond acceptors (Lipinski definition) is 2. The van der Waals surface area contributed by atoms with Crippen LogP contribution in [0.2, 0.25) is 0 Å². The second-order valence-corrected chi connectivity index (χ2v) is 9.84. The Morgan fingerprint density at radius 1 is 0.833 bits per heavy atom. The molecule has 6 unspecified atom stereocenters. The van der Waals surface area contributed by atoms with Crippen LogP contribution in [0.25, 0.3) is 0 Å². The third kappa shape index (κ3) is 1.95. The number of benzene rings is 1. The molecule has 4 heteroatoms. The van der Waals surface area contributed by atoms with E-state index in [1.165, 1.54) is 11.1 Å². The van der Waals surface area contributed by atoms with Crippen LogP contribution in [0.3, 0.4) is 0 Å². The summed E-state index contributed by atoms with van der Waals surface area (Å²) >= 11 is 0. The number of hydrogen-bond donors (Lipinski definition) is 0. The summed E-state index contributed by atoms with van der Waals surface area (Å²) in [5.74, 6) is 1.12. The standard InChI is InChI=1S/C14H20O2P2/c1-9-7-17(15)13(9)11-3-5-12(6-4-11)14-10(2)8-18(14)16/h3-6,9-10,13-14,17-18H,7-8H2,1-2H3. The van der Waals surface area contributed by atoms with Crippen LogP contribution in [-0.4, -0.2) is 12.3 Å². The lowest BCUT2D eigenvalue weighted by molar-refractivity contribution is 0.496. The maximum Gasteiger partial charge on any atom is 0.0839 e. The zero-order valence-corrected chi connectivity index (χ0v) is 12.8. The molecule has 6 atom stereocenters. The minimum Gasteiger partial charge on any atom is -0.326 e. The molecule has 0 spiro atoms. The van der Waals surface area contributed by atoms with Crippen molar-refractivity contribution in [3.05, 3.63) is 35.4 Å². The first kappa shape index (κ1) is 12.7. The highest BCUT2D eigenvalue weighted by Crippen LogP contribution is 2.59. The second-order valence-electron chi connectivity index (χ2n) is 5.92. The average molecular weight is 282 g/mol. The Labute approximate surface area is 110 Å². The first-order valence-corrected chi connectivity index (χ1v) is 10.1. The molecule has 2 aliphatic rings. The normalized spacial score (nSPS) is 43.0. The van der Waals surface area contributed by atoms with Crippen LogP contribution in [0.15, 0.2) is 24.3 Å². The molecule has 2 fully saturated rings. The van der Waals surface area contributed by atoms with Gasteiger partial charge >= 0.3 is 0 Å². The van der Waals surface area contributed by atoms with E-state index in [9.17, 15) is 9.13 Å². The average Bonchev–Trinajstić information content (AvgIpc) is 2.31. The molecule has 18 heavy (non-hydrogen) atoms. The van der Waals surface area contributed by atoms with Crippen LogP contribution in [0, 0.1) is 11.8 Å². The van der Waals surface area contributed by atoms with E-state index in [-0.39, 0.29) is 0 Å². The largest absolute Gasteiger partial charge is 0.326 e. The fraction of sp³-hybridized carbons (Fsp3) is 0.571. The molecule has 0 aliphatic carbocycles. The summed E-state index contributed by atoms with van der Waals surface area (Å²) in [7, 11) is -2.77. The maximum atomic E-state index is 11.8. The van der Waals surface area contributed by atoms with Crippen molar-refractivity contribution in [2.24, 2.45) is 11.8 Å². The lowest BCUT2D eigenvalue weighted by Gasteiger charge is -2.35. The van der Waals surface area contributed by atoms with E-state index in [0.717, 1.165) is 12.3 Å². The van der Waals surface area contributed by atoms with Gasteiger partial charge in [0.25, 0.3) is 0 Å². The first-order chi connectivity index (χ1) is 8.58. The molecule has 0 radical (unpaired) electrons. The molecule has 3 rings (SSSR count). The highest BCUT2D eigenvalue weighted by Gasteiger charge is 2.37. The SMILES string of the molecule is CC1C[PH](=O)C1c1ccc(C2C(C)C[PH]2=O)cc1. The zero-order chi connectivity index (χ0) is 12.9. The van der Waals surface area contributed by atoms with E-state index in [4.69, 9.17) is 0 Å². The topological polar surface area (TPSA) is 34.1 Å². The Morgan fingerprint density at radius 3 is 1.39 bits per heavy atom. The lowest BCUT2D eigenvalue weighted by atomic mass is 9.96. The van der Waals surface area contributed by atoms with Crippen LogP contribution < -0.4 is 0 Å². The number of rotatable bonds is 2. The molecule has 98 valence electrons. The molecule has 2 aliphatic heterocycles. The Bertz CT molecular complexity index is 462. The molecule has 1 aromatic rings. The maximum absolute atomic E-state index is 11.8. The molecular formula is C14H20O2P2. The fourth-order valence-corrected chi connectivity index (χ4v) is 7.38. The second kappa shape index (κ2) is 4.66. The molecule has 2 heterocycles. The minimum absolute atomic E-state index is 0.292. The minimum atomic E-state index is -1.38. The summed E-state index contributed by atoms with van der Waals surface area (Å²) in [6, 6.07) is 8.44. The van der Waals surface area contributed by atoms with E-state index in [1.807, 2.05) is 0 Å². The summed E-state index contributed by atoms with van der Waals surface area (Å²) in [6.45, 7) is 4.36. The first-order valence-electron chi connectivity index (χ1n) is 6.73. The van der Waals surface area contributed by atoms with Crippen LogP contribution in [0.4, 0.5) is 0 Å². The van der Waals surface area contributed by atoms with E-state index >= 15 is 0 Å². The Balaban J connectivity index is 1.81. The highest BCUT2D eigenvalue weighted by atomic mass is 31.1. The Morgan fingerprint density at radius 2 is 1.17 bits per heavy atom. The Kier molecular flexibility index (Phi) is 3.28. The van der Waals surface area contributed by atoms with Gasteiger partial charge in [0.15, 0.2) is 0 Å². The highest BCUT2D eigenvalue weighted by molar-refractivity contribution is 7.47. The smallest absolute Gasteiger partial charge is 0.0839 e. The third-order valence-corrected chi connectivity index (χ3v) is 9.82. The van der Waals surface area contributed by atoms with Gasteiger partial charge < -0.3 is 9.13 Å². The summed E-state index contributed by atoms with van der Waals surface area (Å²) < 4.78 is 23.5. The Hall–Kier alpha value is -0.320. The predicted molar refractivity (Wildman–Crippen MR) is 78.0 cm³/mol. The van der Waals surface area contributed by atoms with Crippen molar-refractivity contribution in [1.82, 2.24) is 0 Å². The molecule has 2 nitrogen and oxygen atoms in total. The van der Waals surface area contributed by atoms with Gasteiger partial charge in [-0.15, -0.1) is 0 Å². The van der Waals surface area contributed by atoms with Gasteiger partial charge in [-0.3, -0.25) is 0 Å². The van der Waals surface area contributed by atoms with E-state index < -0.39 is 15.6 Å². The van der Waals surface area contributed by atoms with Crippen LogP contribution in [-0.2, 0) is 9.13 Å². The molecule has 0 N–H and O–H groups in total. The summed E-state index contributed by atoms with van der Waals surface area (Å²) in [5, 5.41) is 0. The van der Waals surface area contributed by atoms with Crippen LogP contribution in [0.5, 0.6) is 0 Å². The van der Waals surface area contributed by atoms with Gasteiger partial charge in [0.1, 0.15) is 0 Å². The summed E-state index contributed by atoms with van der Waals surface area (Å²) in [4.78, 5) is 0. The van der Waals surface area contributed by atoms with Crippen molar-refractivity contribution in [1.29, 1.82) is 0 Å². The van der Waals surface area contributed by atoms with Crippen LogP contribution >= 0.6 is 15.6 Å². The summed E-state index contributed by atoms with van der Waals surface area (Å²) in [6.07, 6.45) is 1.81. The monoisotopic (exact) mass is 282 g/mol. The van der Waals surface area contributed by atoms with Gasteiger partial charge in [-0.05, 0) is 23.0 Å². The predicted octanol–water partition coefficient (Wildman–Crippen LogP) is 4.19. The van der Waals surface area contributed by atoms with Gasteiger partial charge in [-0.25, -0.2) is 0 Å². The molecule has 0 amide bonds. The van der Waals surface area contributed by atoms with Crippen molar-refractivity contribution in [2.75, 3.05) is 12.3 Å². The molecular weight excluding hydrogens is 262 g/mol. The van der Waals surface area contributed by atoms with Gasteiger partial charge in [0, 0.05) is 23.6 Å². The van der Waals surface area contributed by atoms with Crippen molar-refractivity contribution in [3.63, 3.8) is 0 Å². The van der Waals surface area contributed by atoms with Crippen molar-refractivity contribution >= 4 is 15.6 Å². The molecule has 2 saturated heterocycles. The van der Waals surface area contributed by atoms with Gasteiger partial charge in [0.05, 0.1) is 15.6 Å². The molecule has 0 bridgehead atoms. The zero-order valence-electron chi connectivity index (χ0n) is 10.8. The fourth-order valence-electron chi connectivity index (χ4n) is 3.38. The quantitative estimate of drug-likeness (QED) is 0.762. The lowest BCUT2D eigenvalue weighted by Crippen LogP contribution is -2.21. The third-order valence-electron chi connectivity index (χ3n) is 4.53. The van der Waals surface area contributed by atoms with E-state index in [1.54, 1.807) is 0 Å². The van der Waals surface area contributed by atoms with E-state index in [2.05, 4.69) is 38.1 Å². The van der Waals surface area contributed by atoms with Crippen molar-refractivity contribution < 1.29 is 9.13 Å². The van der Waals surface area contributed by atoms with Gasteiger partial charge in [-0.1, -0.05) is 38.1 Å². The van der Waals surface area contributed by atoms with E-state index in [0.29, 0.717) is 23.2 Å². The molecule has 0 saturated carbocycles. The summed E-state index contributed by atoms with van der Waals surface area (Å²) in [5.41, 5.74) is 3.01. The van der Waals surface area contributed by atoms with Crippen LogP contribution in [0.1, 0.15) is 36.3 Å².